The Kier molecular flexibility index (Phi) is 1.45. The molecule has 1 aromatic heterocycles. The zero-order valence-electron chi connectivity index (χ0n) is 7.37. The molecule has 13 heavy (non-hydrogen) atoms. The second-order valence-electron chi connectivity index (χ2n) is 3.02. The summed E-state index contributed by atoms with van der Waals surface area (Å²) in [6.07, 6.45) is 1.59. The third kappa shape index (κ3) is 0.884. The molecule has 0 spiro atoms. The number of hydrogen-bond donors (Lipinski definition) is 0. The number of nitrogens with zero attached hydrogens (tertiary/aromatic N) is 2. The number of Topliss-reactive ketones (excluding diaryl/α,β-unsaturated/α-hetero) is 1. The number of anilines is 1. The van der Waals surface area contributed by atoms with E-state index in [4.69, 9.17) is 0 Å². The van der Waals surface area contributed by atoms with Gasteiger partial charge in [-0.2, -0.15) is 0 Å². The molecule has 0 radical (unpaired) electrons. The van der Waals surface area contributed by atoms with Crippen molar-refractivity contribution in [2.75, 3.05) is 11.9 Å². The maximum Gasteiger partial charge on any atom is 0.300 e. The molecule has 1 aliphatic rings. The van der Waals surface area contributed by atoms with E-state index in [1.807, 2.05) is 0 Å². The standard InChI is InChI=1S/C9H8N2O2/c1-5-3-4-10-8-6(5)7(12)9(13)11(8)2/h3-4H,1-2H3. The van der Waals surface area contributed by atoms with Crippen molar-refractivity contribution in [3.8, 4) is 0 Å². The van der Waals surface area contributed by atoms with Crippen molar-refractivity contribution in [2.24, 2.45) is 0 Å². The van der Waals surface area contributed by atoms with Crippen LogP contribution in [-0.2, 0) is 4.79 Å². The Morgan fingerprint density at radius 3 is 2.69 bits per heavy atom. The van der Waals surface area contributed by atoms with Crippen molar-refractivity contribution in [3.05, 3.63) is 23.4 Å². The molecule has 2 rings (SSSR count). The Morgan fingerprint density at radius 1 is 1.38 bits per heavy atom. The van der Waals surface area contributed by atoms with E-state index >= 15 is 0 Å². The van der Waals surface area contributed by atoms with Crippen LogP contribution in [-0.4, -0.2) is 23.7 Å². The first-order chi connectivity index (χ1) is 6.13. The maximum absolute atomic E-state index is 11.4. The summed E-state index contributed by atoms with van der Waals surface area (Å²) in [4.78, 5) is 27.9. The van der Waals surface area contributed by atoms with E-state index in [2.05, 4.69) is 4.98 Å². The van der Waals surface area contributed by atoms with Crippen LogP contribution >= 0.6 is 0 Å². The van der Waals surface area contributed by atoms with Gasteiger partial charge in [0, 0.05) is 13.2 Å². The number of amides is 1. The topological polar surface area (TPSA) is 50.3 Å². The SMILES string of the molecule is Cc1ccnc2c1C(=O)C(=O)N2C. The molecule has 0 N–H and O–H groups in total. The lowest BCUT2D eigenvalue weighted by atomic mass is 10.1. The van der Waals surface area contributed by atoms with Gasteiger partial charge in [-0.05, 0) is 18.6 Å². The van der Waals surface area contributed by atoms with Crippen LogP contribution in [0.25, 0.3) is 0 Å². The second-order valence-corrected chi connectivity index (χ2v) is 3.02. The third-order valence-electron chi connectivity index (χ3n) is 2.18. The highest BCUT2D eigenvalue weighted by Gasteiger charge is 2.35. The van der Waals surface area contributed by atoms with Gasteiger partial charge in [-0.15, -0.1) is 0 Å². The zero-order valence-corrected chi connectivity index (χ0v) is 7.37. The Balaban J connectivity index is 2.73. The van der Waals surface area contributed by atoms with Gasteiger partial charge in [0.15, 0.2) is 0 Å². The lowest BCUT2D eigenvalue weighted by molar-refractivity contribution is -0.114. The molecule has 4 heteroatoms. The summed E-state index contributed by atoms with van der Waals surface area (Å²) in [5.74, 6) is -0.491. The van der Waals surface area contributed by atoms with Crippen molar-refractivity contribution in [3.63, 3.8) is 0 Å². The van der Waals surface area contributed by atoms with E-state index in [0.29, 0.717) is 11.4 Å². The monoisotopic (exact) mass is 176 g/mol. The lowest BCUT2D eigenvalue weighted by Gasteiger charge is -2.06. The molecule has 1 aliphatic heterocycles. The van der Waals surface area contributed by atoms with E-state index in [1.165, 1.54) is 4.90 Å². The number of pyridine rings is 1. The van der Waals surface area contributed by atoms with Gasteiger partial charge in [-0.3, -0.25) is 14.5 Å². The Labute approximate surface area is 75.2 Å². The smallest absolute Gasteiger partial charge is 0.292 e. The number of aryl methyl sites for hydroxylation is 1. The number of aromatic nitrogens is 1. The van der Waals surface area contributed by atoms with E-state index < -0.39 is 11.7 Å². The van der Waals surface area contributed by atoms with E-state index in [1.54, 1.807) is 26.2 Å². The normalized spacial score (nSPS) is 15.1. The molecule has 1 aromatic rings. The molecular formula is C9H8N2O2. The highest BCUT2D eigenvalue weighted by Crippen LogP contribution is 2.26. The van der Waals surface area contributed by atoms with Crippen molar-refractivity contribution >= 4 is 17.5 Å². The first-order valence-corrected chi connectivity index (χ1v) is 3.91. The number of rotatable bonds is 0. The third-order valence-corrected chi connectivity index (χ3v) is 2.18. The summed E-state index contributed by atoms with van der Waals surface area (Å²) in [6, 6.07) is 1.73. The molecule has 4 nitrogen and oxygen atoms in total. The van der Waals surface area contributed by atoms with Crippen molar-refractivity contribution in [1.82, 2.24) is 4.98 Å². The van der Waals surface area contributed by atoms with Gasteiger partial charge in [0.1, 0.15) is 5.82 Å². The summed E-state index contributed by atoms with van der Waals surface area (Å²) in [7, 11) is 1.55. The van der Waals surface area contributed by atoms with Crippen LogP contribution < -0.4 is 4.90 Å². The summed E-state index contributed by atoms with van der Waals surface area (Å²) in [5, 5.41) is 0. The molecule has 0 fully saturated rings. The first-order valence-electron chi connectivity index (χ1n) is 3.91. The van der Waals surface area contributed by atoms with Crippen LogP contribution in [0.3, 0.4) is 0 Å². The fraction of sp³-hybridized carbons (Fsp3) is 0.222. The molecule has 0 saturated carbocycles. The van der Waals surface area contributed by atoms with Crippen LogP contribution in [0.1, 0.15) is 15.9 Å². The highest BCUT2D eigenvalue weighted by molar-refractivity contribution is 6.52. The molecule has 0 aromatic carbocycles. The Bertz CT molecular complexity index is 412. The number of hydrogen-bond acceptors (Lipinski definition) is 3. The van der Waals surface area contributed by atoms with E-state index in [-0.39, 0.29) is 0 Å². The van der Waals surface area contributed by atoms with Crippen molar-refractivity contribution in [1.29, 1.82) is 0 Å². The molecule has 0 unspecified atom stereocenters. The Hall–Kier alpha value is -1.71. The molecule has 0 saturated heterocycles. The number of carbonyl (C=O) groups excluding carboxylic acids is 2. The van der Waals surface area contributed by atoms with Gasteiger partial charge in [0.25, 0.3) is 11.7 Å². The summed E-state index contributed by atoms with van der Waals surface area (Å²) in [5.41, 5.74) is 1.24. The number of ketones is 1. The minimum absolute atomic E-state index is 0.440. The van der Waals surface area contributed by atoms with Gasteiger partial charge < -0.3 is 0 Å². The predicted octanol–water partition coefficient (Wildman–Crippen LogP) is 0.549. The zero-order chi connectivity index (χ0) is 9.59. The molecule has 2 heterocycles. The van der Waals surface area contributed by atoms with Gasteiger partial charge in [-0.25, -0.2) is 4.98 Å². The number of likely N-dealkylation sites (N-methyl/N-ethyl adjacent to an activating group) is 1. The van der Waals surface area contributed by atoms with Crippen molar-refractivity contribution in [2.45, 2.75) is 6.92 Å². The number of carbonyl (C=O) groups is 2. The fourth-order valence-corrected chi connectivity index (χ4v) is 1.43. The van der Waals surface area contributed by atoms with E-state index in [0.717, 1.165) is 5.56 Å². The fourth-order valence-electron chi connectivity index (χ4n) is 1.43. The summed E-state index contributed by atoms with van der Waals surface area (Å²) in [6.45, 7) is 1.80. The molecule has 1 amide bonds. The van der Waals surface area contributed by atoms with Crippen LogP contribution in [0, 0.1) is 6.92 Å². The highest BCUT2D eigenvalue weighted by atomic mass is 16.2. The predicted molar refractivity (Wildman–Crippen MR) is 46.7 cm³/mol. The molecule has 0 atom stereocenters. The van der Waals surface area contributed by atoms with Gasteiger partial charge in [0.2, 0.25) is 0 Å². The van der Waals surface area contributed by atoms with Gasteiger partial charge in [-0.1, -0.05) is 0 Å². The maximum atomic E-state index is 11.4. The average molecular weight is 176 g/mol. The van der Waals surface area contributed by atoms with Crippen molar-refractivity contribution < 1.29 is 9.59 Å². The lowest BCUT2D eigenvalue weighted by Crippen LogP contribution is -2.25. The van der Waals surface area contributed by atoms with Crippen LogP contribution in [0.5, 0.6) is 0 Å². The summed E-state index contributed by atoms with van der Waals surface area (Å²) < 4.78 is 0. The molecule has 0 bridgehead atoms. The average Bonchev–Trinajstić information content (AvgIpc) is 2.33. The quantitative estimate of drug-likeness (QED) is 0.542. The largest absolute Gasteiger partial charge is 0.300 e. The number of fused-ring (bicyclic) bond motifs is 1. The summed E-state index contributed by atoms with van der Waals surface area (Å²) >= 11 is 0. The molecular weight excluding hydrogens is 168 g/mol. The second kappa shape index (κ2) is 2.39. The van der Waals surface area contributed by atoms with Crippen LogP contribution in [0.15, 0.2) is 12.3 Å². The van der Waals surface area contributed by atoms with E-state index in [9.17, 15) is 9.59 Å². The van der Waals surface area contributed by atoms with Crippen LogP contribution in [0.4, 0.5) is 5.82 Å². The first kappa shape index (κ1) is 7.91. The Morgan fingerprint density at radius 2 is 2.08 bits per heavy atom. The van der Waals surface area contributed by atoms with Gasteiger partial charge >= 0.3 is 0 Å². The molecule has 66 valence electrons. The minimum Gasteiger partial charge on any atom is -0.292 e. The van der Waals surface area contributed by atoms with Crippen LogP contribution in [0.2, 0.25) is 0 Å². The van der Waals surface area contributed by atoms with Gasteiger partial charge in [0.05, 0.1) is 5.56 Å². The molecule has 0 aliphatic carbocycles. The minimum atomic E-state index is -0.503.